The van der Waals surface area contributed by atoms with Gasteiger partial charge in [-0.2, -0.15) is 5.10 Å². The molecule has 2 fully saturated rings. The molecular weight excluding hydrogens is 522 g/mol. The Morgan fingerprint density at radius 1 is 1.17 bits per heavy atom. The molecule has 0 radical (unpaired) electrons. The van der Waals surface area contributed by atoms with Crippen molar-refractivity contribution in [2.24, 2.45) is 13.0 Å². The fourth-order valence-electron chi connectivity index (χ4n) is 5.58. The molecular formula is C29H35N9O3. The minimum Gasteiger partial charge on any atom is -0.378 e. The summed E-state index contributed by atoms with van der Waals surface area (Å²) >= 11 is 0. The molecule has 2 saturated heterocycles. The Balaban J connectivity index is 1.14. The van der Waals surface area contributed by atoms with E-state index >= 15 is 0 Å². The Morgan fingerprint density at radius 2 is 2.00 bits per heavy atom. The number of H-pyrrole nitrogens is 1. The predicted molar refractivity (Wildman–Crippen MR) is 156 cm³/mol. The number of para-hydroxylation sites is 1. The third-order valence-corrected chi connectivity index (χ3v) is 7.88. The average Bonchev–Trinajstić information content (AvgIpc) is 3.69. The van der Waals surface area contributed by atoms with Gasteiger partial charge in [-0.15, -0.1) is 0 Å². The number of anilines is 3. The average molecular weight is 558 g/mol. The molecule has 3 aromatic heterocycles. The second-order valence-electron chi connectivity index (χ2n) is 10.8. The number of hydrogen-bond donors (Lipinski definition) is 3. The predicted octanol–water partition coefficient (Wildman–Crippen LogP) is 2.84. The second-order valence-corrected chi connectivity index (χ2v) is 10.8. The monoisotopic (exact) mass is 557 g/mol. The number of amides is 2. The molecule has 3 N–H and O–H groups in total. The molecule has 12 heteroatoms. The maximum Gasteiger partial charge on any atom is 0.238 e. The van der Waals surface area contributed by atoms with Crippen molar-refractivity contribution >= 4 is 40.2 Å². The first kappa shape index (κ1) is 26.9. The van der Waals surface area contributed by atoms with Crippen molar-refractivity contribution in [2.45, 2.75) is 20.3 Å². The topological polar surface area (TPSA) is 133 Å². The SMILES string of the molecule is Cc1cnc(Nc2cc(C)n(C)n2)nc1-c1c[nH]c2c(NC(=O)CN3CCC(C(=O)N4CCOCC4)C3)cccc12. The van der Waals surface area contributed by atoms with Crippen LogP contribution in [0.15, 0.2) is 36.7 Å². The van der Waals surface area contributed by atoms with Crippen LogP contribution in [-0.2, 0) is 21.4 Å². The van der Waals surface area contributed by atoms with Crippen LogP contribution in [0.25, 0.3) is 22.2 Å². The lowest BCUT2D eigenvalue weighted by atomic mass is 10.1. The maximum absolute atomic E-state index is 13.1. The van der Waals surface area contributed by atoms with E-state index in [4.69, 9.17) is 9.72 Å². The van der Waals surface area contributed by atoms with Crippen molar-refractivity contribution in [2.75, 3.05) is 56.6 Å². The highest BCUT2D eigenvalue weighted by Crippen LogP contribution is 2.33. The third-order valence-electron chi connectivity index (χ3n) is 7.88. The first-order valence-electron chi connectivity index (χ1n) is 14.0. The summed E-state index contributed by atoms with van der Waals surface area (Å²) < 4.78 is 7.16. The van der Waals surface area contributed by atoms with Gasteiger partial charge in [-0.1, -0.05) is 12.1 Å². The molecule has 0 spiro atoms. The van der Waals surface area contributed by atoms with Gasteiger partial charge in [-0.25, -0.2) is 9.97 Å². The minimum absolute atomic E-state index is 0.0625. The van der Waals surface area contributed by atoms with Gasteiger partial charge in [-0.3, -0.25) is 19.2 Å². The maximum atomic E-state index is 13.1. The first-order valence-corrected chi connectivity index (χ1v) is 14.0. The fourth-order valence-corrected chi connectivity index (χ4v) is 5.58. The van der Waals surface area contributed by atoms with Crippen LogP contribution < -0.4 is 10.6 Å². The number of aromatic amines is 1. The van der Waals surface area contributed by atoms with Crippen LogP contribution in [0, 0.1) is 19.8 Å². The molecule has 0 bridgehead atoms. The molecule has 214 valence electrons. The summed E-state index contributed by atoms with van der Waals surface area (Å²) in [5.74, 6) is 1.14. The zero-order valence-electron chi connectivity index (χ0n) is 23.6. The highest BCUT2D eigenvalue weighted by Gasteiger charge is 2.32. The number of nitrogens with zero attached hydrogens (tertiary/aromatic N) is 6. The number of rotatable bonds is 7. The number of nitrogens with one attached hydrogen (secondary N) is 3. The van der Waals surface area contributed by atoms with Gasteiger partial charge in [0.1, 0.15) is 0 Å². The molecule has 41 heavy (non-hydrogen) atoms. The van der Waals surface area contributed by atoms with Gasteiger partial charge in [-0.05, 0) is 38.4 Å². The van der Waals surface area contributed by atoms with Crippen molar-refractivity contribution < 1.29 is 14.3 Å². The highest BCUT2D eigenvalue weighted by molar-refractivity contribution is 6.06. The second kappa shape index (κ2) is 11.3. The Labute approximate surface area is 238 Å². The van der Waals surface area contributed by atoms with Crippen LogP contribution in [0.3, 0.4) is 0 Å². The van der Waals surface area contributed by atoms with Gasteiger partial charge >= 0.3 is 0 Å². The number of carbonyl (C=O) groups is 2. The van der Waals surface area contributed by atoms with E-state index in [1.54, 1.807) is 10.9 Å². The van der Waals surface area contributed by atoms with Crippen molar-refractivity contribution in [3.63, 3.8) is 0 Å². The smallest absolute Gasteiger partial charge is 0.238 e. The van der Waals surface area contributed by atoms with Crippen LogP contribution >= 0.6 is 0 Å². The summed E-state index contributed by atoms with van der Waals surface area (Å²) in [6, 6.07) is 7.76. The van der Waals surface area contributed by atoms with E-state index in [-0.39, 0.29) is 24.3 Å². The van der Waals surface area contributed by atoms with Gasteiger partial charge in [0.05, 0.1) is 42.6 Å². The number of likely N-dealkylation sites (tertiary alicyclic amines) is 1. The summed E-state index contributed by atoms with van der Waals surface area (Å²) in [6.07, 6.45) is 4.47. The summed E-state index contributed by atoms with van der Waals surface area (Å²) in [4.78, 5) is 42.4. The van der Waals surface area contributed by atoms with Gasteiger partial charge < -0.3 is 25.3 Å². The Kier molecular flexibility index (Phi) is 7.41. The molecule has 2 aliphatic rings. The van der Waals surface area contributed by atoms with Crippen LogP contribution in [0.1, 0.15) is 17.7 Å². The standard InChI is InChI=1S/C29H35N9O3/c1-18-14-31-29(33-24-13-19(2)36(3)35-24)34-26(18)22-15-30-27-21(22)5-4-6-23(27)32-25(39)17-37-8-7-20(16-37)28(40)38-9-11-41-12-10-38/h4-6,13-15,20,30H,7-12,16-17H2,1-3H3,(H,32,39)(H,31,33,34,35). The normalized spacial score (nSPS) is 17.7. The van der Waals surface area contributed by atoms with E-state index in [0.717, 1.165) is 46.4 Å². The number of benzene rings is 1. The lowest BCUT2D eigenvalue weighted by molar-refractivity contribution is -0.139. The molecule has 0 aliphatic carbocycles. The fraction of sp³-hybridized carbons (Fsp3) is 0.414. The van der Waals surface area contributed by atoms with Crippen molar-refractivity contribution in [3.05, 3.63) is 47.9 Å². The van der Waals surface area contributed by atoms with E-state index in [1.807, 2.05) is 56.3 Å². The molecule has 1 aromatic carbocycles. The summed E-state index contributed by atoms with van der Waals surface area (Å²) in [6.45, 7) is 8.01. The molecule has 0 saturated carbocycles. The number of aromatic nitrogens is 5. The van der Waals surface area contributed by atoms with Crippen molar-refractivity contribution in [1.29, 1.82) is 0 Å². The molecule has 6 rings (SSSR count). The number of carbonyl (C=O) groups excluding carboxylic acids is 2. The number of fused-ring (bicyclic) bond motifs is 1. The number of aryl methyl sites for hydroxylation is 3. The van der Waals surface area contributed by atoms with Crippen LogP contribution in [-0.4, -0.2) is 92.3 Å². The third kappa shape index (κ3) is 5.66. The largest absolute Gasteiger partial charge is 0.378 e. The molecule has 2 aliphatic heterocycles. The zero-order chi connectivity index (χ0) is 28.5. The van der Waals surface area contributed by atoms with Crippen LogP contribution in [0.4, 0.5) is 17.5 Å². The Morgan fingerprint density at radius 3 is 2.78 bits per heavy atom. The lowest BCUT2D eigenvalue weighted by Gasteiger charge is -2.29. The molecule has 12 nitrogen and oxygen atoms in total. The molecule has 5 heterocycles. The van der Waals surface area contributed by atoms with Crippen molar-refractivity contribution in [3.8, 4) is 11.3 Å². The summed E-state index contributed by atoms with van der Waals surface area (Å²) in [7, 11) is 1.89. The Hall–Kier alpha value is -4.29. The quantitative estimate of drug-likeness (QED) is 0.316. The highest BCUT2D eigenvalue weighted by atomic mass is 16.5. The number of morpholine rings is 1. The lowest BCUT2D eigenvalue weighted by Crippen LogP contribution is -2.44. The zero-order valence-corrected chi connectivity index (χ0v) is 23.6. The molecule has 1 unspecified atom stereocenters. The van der Waals surface area contributed by atoms with Gasteiger partial charge in [0.15, 0.2) is 5.82 Å². The first-order chi connectivity index (χ1) is 19.9. The van der Waals surface area contributed by atoms with Crippen LogP contribution in [0.5, 0.6) is 0 Å². The minimum atomic E-state index is -0.108. The van der Waals surface area contributed by atoms with E-state index < -0.39 is 0 Å². The molecule has 2 amide bonds. The van der Waals surface area contributed by atoms with E-state index in [2.05, 4.69) is 30.6 Å². The van der Waals surface area contributed by atoms with Crippen LogP contribution in [0.2, 0.25) is 0 Å². The van der Waals surface area contributed by atoms with Gasteiger partial charge in [0, 0.05) is 61.8 Å². The van der Waals surface area contributed by atoms with Crippen molar-refractivity contribution in [1.82, 2.24) is 34.5 Å². The Bertz CT molecular complexity index is 1570. The number of ether oxygens (including phenoxy) is 1. The number of hydrogen-bond acceptors (Lipinski definition) is 8. The molecule has 1 atom stereocenters. The van der Waals surface area contributed by atoms with E-state index in [9.17, 15) is 9.59 Å². The van der Waals surface area contributed by atoms with Gasteiger partial charge in [0.25, 0.3) is 0 Å². The summed E-state index contributed by atoms with van der Waals surface area (Å²) in [5, 5.41) is 11.6. The van der Waals surface area contributed by atoms with E-state index in [0.29, 0.717) is 50.3 Å². The molecule has 4 aromatic rings. The van der Waals surface area contributed by atoms with Gasteiger partial charge in [0.2, 0.25) is 17.8 Å². The van der Waals surface area contributed by atoms with E-state index in [1.165, 1.54) is 0 Å². The summed E-state index contributed by atoms with van der Waals surface area (Å²) in [5.41, 5.74) is 5.19.